The predicted octanol–water partition coefficient (Wildman–Crippen LogP) is 3.49. The first-order valence-corrected chi connectivity index (χ1v) is 8.11. The van der Waals surface area contributed by atoms with Crippen molar-refractivity contribution in [2.45, 2.75) is 25.8 Å². The second-order valence-electron chi connectivity index (χ2n) is 5.56. The first-order valence-electron chi connectivity index (χ1n) is 7.32. The van der Waals surface area contributed by atoms with Crippen molar-refractivity contribution < 1.29 is 14.6 Å². The molecule has 1 atom stereocenters. The number of carboxylic acid groups (broad SMARTS) is 1. The number of aromatic nitrogens is 1. The molecular formula is C17H16BrNO4. The molecule has 0 radical (unpaired) electrons. The molecule has 0 fully saturated rings. The number of rotatable bonds is 3. The average Bonchev–Trinajstić information content (AvgIpc) is 2.52. The van der Waals surface area contributed by atoms with Gasteiger partial charge in [0, 0.05) is 23.9 Å². The summed E-state index contributed by atoms with van der Waals surface area (Å²) in [5, 5.41) is 9.20. The molecule has 1 N–H and O–H groups in total. The van der Waals surface area contributed by atoms with Gasteiger partial charge in [0.2, 0.25) is 0 Å². The first kappa shape index (κ1) is 15.8. The maximum atomic E-state index is 12.1. The zero-order valence-electron chi connectivity index (χ0n) is 12.8. The standard InChI is InChI=1S/C17H16BrNO4/c1-3-10-4-9-5-13(18)16(23-2)6-11(9)14-7-15(20)12(17(21)22)8-19(10)14/h5-8,10H,3-4H2,1-2H3,(H,21,22). The summed E-state index contributed by atoms with van der Waals surface area (Å²) in [6, 6.07) is 5.43. The van der Waals surface area contributed by atoms with Crippen LogP contribution in [0.4, 0.5) is 0 Å². The smallest absolute Gasteiger partial charge is 0.341 e. The molecule has 0 amide bonds. The Kier molecular flexibility index (Phi) is 4.02. The Morgan fingerprint density at radius 3 is 2.78 bits per heavy atom. The highest BCUT2D eigenvalue weighted by molar-refractivity contribution is 9.10. The maximum absolute atomic E-state index is 12.1. The Morgan fingerprint density at radius 2 is 2.17 bits per heavy atom. The van der Waals surface area contributed by atoms with Crippen LogP contribution in [-0.2, 0) is 6.42 Å². The summed E-state index contributed by atoms with van der Waals surface area (Å²) in [4.78, 5) is 23.4. The van der Waals surface area contributed by atoms with Crippen LogP contribution in [0.25, 0.3) is 11.3 Å². The van der Waals surface area contributed by atoms with Crippen molar-refractivity contribution in [3.8, 4) is 17.0 Å². The largest absolute Gasteiger partial charge is 0.496 e. The van der Waals surface area contributed by atoms with E-state index in [0.717, 1.165) is 34.1 Å². The van der Waals surface area contributed by atoms with E-state index in [4.69, 9.17) is 4.74 Å². The van der Waals surface area contributed by atoms with Gasteiger partial charge in [-0.1, -0.05) is 6.92 Å². The van der Waals surface area contributed by atoms with Crippen molar-refractivity contribution in [1.82, 2.24) is 4.57 Å². The molecule has 1 aromatic heterocycles. The quantitative estimate of drug-likeness (QED) is 0.888. The van der Waals surface area contributed by atoms with E-state index >= 15 is 0 Å². The van der Waals surface area contributed by atoms with Gasteiger partial charge in [-0.25, -0.2) is 4.79 Å². The average molecular weight is 378 g/mol. The highest BCUT2D eigenvalue weighted by Crippen LogP contribution is 2.40. The minimum Gasteiger partial charge on any atom is -0.496 e. The van der Waals surface area contributed by atoms with Crippen molar-refractivity contribution >= 4 is 21.9 Å². The fraction of sp³-hybridized carbons (Fsp3) is 0.294. The lowest BCUT2D eigenvalue weighted by Crippen LogP contribution is -2.25. The topological polar surface area (TPSA) is 68.5 Å². The zero-order valence-corrected chi connectivity index (χ0v) is 14.4. The van der Waals surface area contributed by atoms with Crippen molar-refractivity contribution in [2.24, 2.45) is 0 Å². The molecule has 0 bridgehead atoms. The number of halogens is 1. The van der Waals surface area contributed by atoms with E-state index in [-0.39, 0.29) is 11.6 Å². The number of carboxylic acids is 1. The van der Waals surface area contributed by atoms with Crippen molar-refractivity contribution in [3.63, 3.8) is 0 Å². The number of hydrogen-bond acceptors (Lipinski definition) is 3. The maximum Gasteiger partial charge on any atom is 0.341 e. The molecule has 2 aromatic rings. The van der Waals surface area contributed by atoms with Crippen molar-refractivity contribution in [2.75, 3.05) is 7.11 Å². The van der Waals surface area contributed by atoms with Gasteiger partial charge >= 0.3 is 5.97 Å². The van der Waals surface area contributed by atoms with Gasteiger partial charge in [0.05, 0.1) is 17.3 Å². The molecule has 0 spiro atoms. The van der Waals surface area contributed by atoms with Gasteiger partial charge in [-0.05, 0) is 46.5 Å². The highest BCUT2D eigenvalue weighted by atomic mass is 79.9. The molecular weight excluding hydrogens is 362 g/mol. The van der Waals surface area contributed by atoms with Crippen LogP contribution >= 0.6 is 15.9 Å². The number of aromatic carboxylic acids is 1. The number of methoxy groups -OCH3 is 1. The molecule has 0 aliphatic carbocycles. The summed E-state index contributed by atoms with van der Waals surface area (Å²) < 4.78 is 8.11. The SMILES string of the molecule is CCC1Cc2cc(Br)c(OC)cc2-c2cc(=O)c(C(=O)O)cn21. The normalized spacial score (nSPS) is 15.7. The first-order chi connectivity index (χ1) is 11.0. The molecule has 0 saturated heterocycles. The number of pyridine rings is 1. The second kappa shape index (κ2) is 5.85. The van der Waals surface area contributed by atoms with Crippen LogP contribution in [-0.4, -0.2) is 22.8 Å². The Bertz CT molecular complexity index is 856. The van der Waals surface area contributed by atoms with Crippen LogP contribution in [0, 0.1) is 0 Å². The molecule has 5 nitrogen and oxygen atoms in total. The lowest BCUT2D eigenvalue weighted by molar-refractivity contribution is 0.0694. The van der Waals surface area contributed by atoms with E-state index in [9.17, 15) is 14.7 Å². The lowest BCUT2D eigenvalue weighted by atomic mass is 9.91. The molecule has 0 saturated carbocycles. The van der Waals surface area contributed by atoms with Crippen LogP contribution < -0.4 is 10.2 Å². The molecule has 1 aliphatic rings. The fourth-order valence-electron chi connectivity index (χ4n) is 3.08. The van der Waals surface area contributed by atoms with E-state index in [1.54, 1.807) is 7.11 Å². The van der Waals surface area contributed by atoms with Gasteiger partial charge < -0.3 is 14.4 Å². The van der Waals surface area contributed by atoms with E-state index in [2.05, 4.69) is 22.9 Å². The summed E-state index contributed by atoms with van der Waals surface area (Å²) in [7, 11) is 1.59. The van der Waals surface area contributed by atoms with Crippen molar-refractivity contribution in [1.29, 1.82) is 0 Å². The minimum atomic E-state index is -1.20. The third-order valence-corrected chi connectivity index (χ3v) is 4.90. The number of carbonyl (C=O) groups is 1. The number of hydrogen-bond donors (Lipinski definition) is 1. The monoisotopic (exact) mass is 377 g/mol. The van der Waals surface area contributed by atoms with E-state index in [1.165, 1.54) is 12.3 Å². The highest BCUT2D eigenvalue weighted by Gasteiger charge is 2.26. The number of ether oxygens (including phenoxy) is 1. The van der Waals surface area contributed by atoms with Crippen molar-refractivity contribution in [3.05, 3.63) is 50.2 Å². The Morgan fingerprint density at radius 1 is 1.43 bits per heavy atom. The molecule has 1 aliphatic heterocycles. The molecule has 1 unspecified atom stereocenters. The van der Waals surface area contributed by atoms with E-state index < -0.39 is 11.4 Å². The third kappa shape index (κ3) is 2.57. The minimum absolute atomic E-state index is 0.122. The predicted molar refractivity (Wildman–Crippen MR) is 90.4 cm³/mol. The molecule has 6 heteroatoms. The molecule has 1 aromatic carbocycles. The van der Waals surface area contributed by atoms with Crippen LogP contribution in [0.1, 0.15) is 35.3 Å². The van der Waals surface area contributed by atoms with Gasteiger partial charge in [-0.15, -0.1) is 0 Å². The van der Waals surface area contributed by atoms with Gasteiger partial charge in [0.15, 0.2) is 5.43 Å². The summed E-state index contributed by atoms with van der Waals surface area (Å²) in [6.45, 7) is 2.05. The Labute approximate surface area is 141 Å². The molecule has 2 heterocycles. The van der Waals surface area contributed by atoms with Gasteiger partial charge in [-0.3, -0.25) is 4.79 Å². The van der Waals surface area contributed by atoms with E-state index in [1.807, 2.05) is 16.7 Å². The number of nitrogens with zero attached hydrogens (tertiary/aromatic N) is 1. The molecule has 120 valence electrons. The van der Waals surface area contributed by atoms with Crippen LogP contribution in [0.5, 0.6) is 5.75 Å². The molecule has 23 heavy (non-hydrogen) atoms. The van der Waals surface area contributed by atoms with Gasteiger partial charge in [0.25, 0.3) is 0 Å². The fourth-order valence-corrected chi connectivity index (χ4v) is 3.63. The summed E-state index contributed by atoms with van der Waals surface area (Å²) in [5.41, 5.74) is 2.09. The Hall–Kier alpha value is -2.08. The third-order valence-electron chi connectivity index (χ3n) is 4.28. The summed E-state index contributed by atoms with van der Waals surface area (Å²) in [5.74, 6) is -0.514. The number of benzene rings is 1. The Balaban J connectivity index is 2.30. The summed E-state index contributed by atoms with van der Waals surface area (Å²) in [6.07, 6.45) is 3.09. The summed E-state index contributed by atoms with van der Waals surface area (Å²) >= 11 is 3.49. The number of fused-ring (bicyclic) bond motifs is 3. The second-order valence-corrected chi connectivity index (χ2v) is 6.41. The van der Waals surface area contributed by atoms with Gasteiger partial charge in [-0.2, -0.15) is 0 Å². The van der Waals surface area contributed by atoms with Gasteiger partial charge in [0.1, 0.15) is 11.3 Å². The van der Waals surface area contributed by atoms with Crippen LogP contribution in [0.2, 0.25) is 0 Å². The molecule has 3 rings (SSSR count). The lowest BCUT2D eigenvalue weighted by Gasteiger charge is -2.30. The van der Waals surface area contributed by atoms with E-state index in [0.29, 0.717) is 5.75 Å². The van der Waals surface area contributed by atoms with Crippen LogP contribution in [0.15, 0.2) is 33.7 Å². The van der Waals surface area contributed by atoms with Crippen LogP contribution in [0.3, 0.4) is 0 Å². The zero-order chi connectivity index (χ0) is 16.7.